The van der Waals surface area contributed by atoms with Gasteiger partial charge in [0, 0.05) is 13.0 Å². The first-order valence-corrected chi connectivity index (χ1v) is 7.38. The van der Waals surface area contributed by atoms with E-state index in [1.165, 1.54) is 24.3 Å². The third-order valence-electron chi connectivity index (χ3n) is 2.30. The van der Waals surface area contributed by atoms with Crippen LogP contribution >= 0.6 is 0 Å². The molecule has 6 nitrogen and oxygen atoms in total. The number of hydrogen-bond acceptors (Lipinski definition) is 5. The Kier molecular flexibility index (Phi) is 5.78. The standard InChI is InChI=1S/C12H17NO5S/c1-2-18-12(15)4-3-9-13-19(16,17)11-7-5-10(14)6-8-11/h5-8,13-14H,2-4,9H2,1H3. The molecule has 106 valence electrons. The minimum Gasteiger partial charge on any atom is -0.508 e. The van der Waals surface area contributed by atoms with Crippen molar-refractivity contribution in [3.8, 4) is 5.75 Å². The van der Waals surface area contributed by atoms with Crippen LogP contribution in [0.3, 0.4) is 0 Å². The van der Waals surface area contributed by atoms with Crippen LogP contribution in [0.4, 0.5) is 0 Å². The topological polar surface area (TPSA) is 92.7 Å². The van der Waals surface area contributed by atoms with Gasteiger partial charge in [-0.1, -0.05) is 0 Å². The lowest BCUT2D eigenvalue weighted by atomic mass is 10.3. The first kappa shape index (κ1) is 15.5. The van der Waals surface area contributed by atoms with Crippen molar-refractivity contribution in [2.45, 2.75) is 24.7 Å². The predicted molar refractivity (Wildman–Crippen MR) is 69.2 cm³/mol. The number of esters is 1. The molecule has 7 heteroatoms. The number of nitrogens with one attached hydrogen (secondary N) is 1. The third kappa shape index (κ3) is 5.27. The van der Waals surface area contributed by atoms with E-state index in [-0.39, 0.29) is 29.6 Å². The fourth-order valence-corrected chi connectivity index (χ4v) is 2.46. The zero-order valence-corrected chi connectivity index (χ0v) is 11.4. The van der Waals surface area contributed by atoms with Crippen LogP contribution in [0.15, 0.2) is 29.2 Å². The van der Waals surface area contributed by atoms with E-state index in [9.17, 15) is 13.2 Å². The average molecular weight is 287 g/mol. The Morgan fingerprint density at radius 1 is 1.32 bits per heavy atom. The van der Waals surface area contributed by atoms with Crippen LogP contribution in [0.1, 0.15) is 19.8 Å². The van der Waals surface area contributed by atoms with Gasteiger partial charge in [0.15, 0.2) is 0 Å². The quantitative estimate of drug-likeness (QED) is 0.577. The molecule has 0 bridgehead atoms. The first-order valence-electron chi connectivity index (χ1n) is 5.90. The molecule has 0 aliphatic heterocycles. The highest BCUT2D eigenvalue weighted by Crippen LogP contribution is 2.13. The molecule has 0 fully saturated rings. The summed E-state index contributed by atoms with van der Waals surface area (Å²) in [5.41, 5.74) is 0. The molecule has 1 aromatic carbocycles. The maximum Gasteiger partial charge on any atom is 0.305 e. The Balaban J connectivity index is 2.43. The van der Waals surface area contributed by atoms with Gasteiger partial charge in [-0.05, 0) is 37.6 Å². The zero-order valence-electron chi connectivity index (χ0n) is 10.6. The van der Waals surface area contributed by atoms with Gasteiger partial charge >= 0.3 is 5.97 Å². The second-order valence-electron chi connectivity index (χ2n) is 3.80. The summed E-state index contributed by atoms with van der Waals surface area (Å²) in [6.07, 6.45) is 0.544. The second-order valence-corrected chi connectivity index (χ2v) is 5.57. The van der Waals surface area contributed by atoms with Gasteiger partial charge in [-0.2, -0.15) is 0 Å². The first-order chi connectivity index (χ1) is 8.95. The molecule has 0 spiro atoms. The molecule has 1 aromatic rings. The second kappa shape index (κ2) is 7.10. The van der Waals surface area contributed by atoms with E-state index in [1.54, 1.807) is 6.92 Å². The molecule has 0 heterocycles. The number of aromatic hydroxyl groups is 1. The van der Waals surface area contributed by atoms with Crippen LogP contribution in [0, 0.1) is 0 Å². The van der Waals surface area contributed by atoms with Gasteiger partial charge in [0.25, 0.3) is 0 Å². The molecule has 2 N–H and O–H groups in total. The van der Waals surface area contributed by atoms with E-state index in [0.717, 1.165) is 0 Å². The predicted octanol–water partition coefficient (Wildman–Crippen LogP) is 1.01. The lowest BCUT2D eigenvalue weighted by molar-refractivity contribution is -0.143. The number of rotatable bonds is 7. The number of carbonyl (C=O) groups is 1. The summed E-state index contributed by atoms with van der Waals surface area (Å²) >= 11 is 0. The Bertz CT molecular complexity index is 509. The number of sulfonamides is 1. The van der Waals surface area contributed by atoms with Crippen molar-refractivity contribution >= 4 is 16.0 Å². The highest BCUT2D eigenvalue weighted by Gasteiger charge is 2.13. The van der Waals surface area contributed by atoms with Crippen molar-refractivity contribution in [1.29, 1.82) is 0 Å². The lowest BCUT2D eigenvalue weighted by Crippen LogP contribution is -2.25. The third-order valence-corrected chi connectivity index (χ3v) is 3.78. The van der Waals surface area contributed by atoms with Crippen molar-refractivity contribution in [3.05, 3.63) is 24.3 Å². The van der Waals surface area contributed by atoms with E-state index < -0.39 is 10.0 Å². The molecule has 0 aromatic heterocycles. The minimum absolute atomic E-state index is 0.00117. The number of carbonyl (C=O) groups excluding carboxylic acids is 1. The zero-order chi connectivity index (χ0) is 14.3. The van der Waals surface area contributed by atoms with Crippen molar-refractivity contribution in [3.63, 3.8) is 0 Å². The summed E-state index contributed by atoms with van der Waals surface area (Å²) < 4.78 is 30.7. The monoisotopic (exact) mass is 287 g/mol. The molecule has 0 aliphatic carbocycles. The van der Waals surface area contributed by atoms with Gasteiger partial charge in [0.2, 0.25) is 10.0 Å². The Morgan fingerprint density at radius 2 is 1.95 bits per heavy atom. The van der Waals surface area contributed by atoms with Crippen LogP contribution in [0.5, 0.6) is 5.75 Å². The molecule has 0 aliphatic rings. The van der Waals surface area contributed by atoms with Crippen LogP contribution in [-0.4, -0.2) is 32.6 Å². The molecule has 0 atom stereocenters. The normalized spacial score (nSPS) is 11.2. The highest BCUT2D eigenvalue weighted by molar-refractivity contribution is 7.89. The Hall–Kier alpha value is -1.60. The van der Waals surface area contributed by atoms with Crippen LogP contribution in [0.2, 0.25) is 0 Å². The van der Waals surface area contributed by atoms with Crippen LogP contribution < -0.4 is 4.72 Å². The molecule has 0 saturated heterocycles. The Labute approximate surface area is 112 Å². The van der Waals surface area contributed by atoms with Gasteiger partial charge in [-0.3, -0.25) is 4.79 Å². The summed E-state index contributed by atoms with van der Waals surface area (Å²) in [6, 6.07) is 5.21. The fraction of sp³-hybridized carbons (Fsp3) is 0.417. The van der Waals surface area contributed by atoms with E-state index in [0.29, 0.717) is 13.0 Å². The minimum atomic E-state index is -3.60. The molecule has 0 radical (unpaired) electrons. The number of hydrogen-bond donors (Lipinski definition) is 2. The molecule has 0 saturated carbocycles. The van der Waals surface area contributed by atoms with Crippen molar-refractivity contribution < 1.29 is 23.1 Å². The number of benzene rings is 1. The fourth-order valence-electron chi connectivity index (χ4n) is 1.38. The summed E-state index contributed by atoms with van der Waals surface area (Å²) in [5, 5.41) is 9.08. The lowest BCUT2D eigenvalue weighted by Gasteiger charge is -2.06. The van der Waals surface area contributed by atoms with Gasteiger partial charge in [0.1, 0.15) is 5.75 Å². The van der Waals surface area contributed by atoms with Crippen LogP contribution in [0.25, 0.3) is 0 Å². The number of phenolic OH excluding ortho intramolecular Hbond substituents is 1. The number of ether oxygens (including phenoxy) is 1. The summed E-state index contributed by atoms with van der Waals surface area (Å²) in [5.74, 6) is -0.340. The van der Waals surface area contributed by atoms with Gasteiger partial charge in [0.05, 0.1) is 11.5 Å². The molecule has 0 unspecified atom stereocenters. The van der Waals surface area contributed by atoms with E-state index >= 15 is 0 Å². The largest absolute Gasteiger partial charge is 0.508 e. The van der Waals surface area contributed by atoms with E-state index in [1.807, 2.05) is 0 Å². The molecule has 19 heavy (non-hydrogen) atoms. The van der Waals surface area contributed by atoms with Gasteiger partial charge in [-0.25, -0.2) is 13.1 Å². The molecule has 1 rings (SSSR count). The smallest absolute Gasteiger partial charge is 0.305 e. The van der Waals surface area contributed by atoms with Gasteiger partial charge < -0.3 is 9.84 Å². The van der Waals surface area contributed by atoms with Crippen molar-refractivity contribution in [1.82, 2.24) is 4.72 Å². The van der Waals surface area contributed by atoms with Crippen molar-refractivity contribution in [2.75, 3.05) is 13.2 Å². The summed E-state index contributed by atoms with van der Waals surface area (Å²) in [4.78, 5) is 11.1. The molecule has 0 amide bonds. The van der Waals surface area contributed by atoms with Crippen LogP contribution in [-0.2, 0) is 19.6 Å². The highest BCUT2D eigenvalue weighted by atomic mass is 32.2. The number of phenols is 1. The van der Waals surface area contributed by atoms with Crippen molar-refractivity contribution in [2.24, 2.45) is 0 Å². The SMILES string of the molecule is CCOC(=O)CCCNS(=O)(=O)c1ccc(O)cc1. The summed E-state index contributed by atoms with van der Waals surface area (Å²) in [6.45, 7) is 2.19. The average Bonchev–Trinajstić information content (AvgIpc) is 2.36. The maximum atomic E-state index is 11.8. The van der Waals surface area contributed by atoms with E-state index in [4.69, 9.17) is 9.84 Å². The summed E-state index contributed by atoms with van der Waals surface area (Å²) in [7, 11) is -3.60. The maximum absolute atomic E-state index is 11.8. The van der Waals surface area contributed by atoms with E-state index in [2.05, 4.69) is 4.72 Å². The molecular formula is C12H17NO5S. The Morgan fingerprint density at radius 3 is 2.53 bits per heavy atom. The van der Waals surface area contributed by atoms with Gasteiger partial charge in [-0.15, -0.1) is 0 Å². The molecular weight excluding hydrogens is 270 g/mol.